The van der Waals surface area contributed by atoms with Gasteiger partial charge < -0.3 is 9.64 Å². The molecule has 1 saturated carbocycles. The summed E-state index contributed by atoms with van der Waals surface area (Å²) in [6.45, 7) is 1.38. The Morgan fingerprint density at radius 2 is 2.00 bits per heavy atom. The Bertz CT molecular complexity index is 386. The zero-order valence-electron chi connectivity index (χ0n) is 9.13. The van der Waals surface area contributed by atoms with Crippen molar-refractivity contribution in [2.75, 3.05) is 13.2 Å². The predicted molar refractivity (Wildman–Crippen MR) is 59.6 cm³/mol. The van der Waals surface area contributed by atoms with Crippen LogP contribution in [0, 0.1) is 5.92 Å². The van der Waals surface area contributed by atoms with Crippen LogP contribution in [0.2, 0.25) is 0 Å². The van der Waals surface area contributed by atoms with E-state index in [2.05, 4.69) is 0 Å². The summed E-state index contributed by atoms with van der Waals surface area (Å²) >= 11 is 0. The summed E-state index contributed by atoms with van der Waals surface area (Å²) < 4.78 is 5.66. The van der Waals surface area contributed by atoms with E-state index in [1.54, 1.807) is 0 Å². The number of hydrogen-bond donors (Lipinski definition) is 0. The fourth-order valence-electron chi connectivity index (χ4n) is 2.15. The molecule has 0 aromatic heterocycles. The lowest BCUT2D eigenvalue weighted by Gasteiger charge is -2.23. The molecule has 2 fully saturated rings. The van der Waals surface area contributed by atoms with Gasteiger partial charge in [-0.05, 0) is 12.8 Å². The lowest BCUT2D eigenvalue weighted by Crippen LogP contribution is -2.32. The molecule has 1 saturated heterocycles. The second kappa shape index (κ2) is 3.91. The van der Waals surface area contributed by atoms with Gasteiger partial charge in [-0.3, -0.25) is 4.79 Å². The van der Waals surface area contributed by atoms with E-state index in [1.165, 1.54) is 0 Å². The Morgan fingerprint density at radius 3 is 2.69 bits per heavy atom. The number of benzene rings is 1. The number of amides is 1. The van der Waals surface area contributed by atoms with E-state index in [4.69, 9.17) is 4.74 Å². The average Bonchev–Trinajstić information content (AvgIpc) is 3.06. The number of hydrogen-bond acceptors (Lipinski definition) is 2. The van der Waals surface area contributed by atoms with Crippen molar-refractivity contribution in [2.45, 2.75) is 19.1 Å². The number of nitrogens with zero attached hydrogens (tertiary/aromatic N) is 1. The molecule has 1 unspecified atom stereocenters. The summed E-state index contributed by atoms with van der Waals surface area (Å²) in [5.74, 6) is 0.541. The maximum Gasteiger partial charge on any atom is 0.228 e. The number of carbonyl (C=O) groups excluding carboxylic acids is 1. The highest BCUT2D eigenvalue weighted by molar-refractivity contribution is 5.81. The highest BCUT2D eigenvalue weighted by Gasteiger charge is 2.39. The highest BCUT2D eigenvalue weighted by atomic mass is 16.5. The Labute approximate surface area is 95.0 Å². The molecule has 1 aliphatic carbocycles. The normalized spacial score (nSPS) is 24.8. The molecule has 3 nitrogen and oxygen atoms in total. The van der Waals surface area contributed by atoms with E-state index < -0.39 is 0 Å². The summed E-state index contributed by atoms with van der Waals surface area (Å²) in [6.07, 6.45) is 1.95. The van der Waals surface area contributed by atoms with Crippen molar-refractivity contribution in [2.24, 2.45) is 5.92 Å². The molecule has 0 radical (unpaired) electrons. The molecule has 1 amide bonds. The molecule has 3 heteroatoms. The van der Waals surface area contributed by atoms with Crippen LogP contribution in [-0.4, -0.2) is 24.0 Å². The van der Waals surface area contributed by atoms with Gasteiger partial charge in [-0.15, -0.1) is 0 Å². The third-order valence-electron chi connectivity index (χ3n) is 3.19. The first-order valence-corrected chi connectivity index (χ1v) is 5.83. The molecular formula is C13H15NO2. The second-order valence-corrected chi connectivity index (χ2v) is 4.44. The van der Waals surface area contributed by atoms with E-state index in [0.29, 0.717) is 6.61 Å². The quantitative estimate of drug-likeness (QED) is 0.757. The van der Waals surface area contributed by atoms with Crippen molar-refractivity contribution < 1.29 is 9.53 Å². The van der Waals surface area contributed by atoms with Crippen molar-refractivity contribution in [1.82, 2.24) is 4.90 Å². The summed E-state index contributed by atoms with van der Waals surface area (Å²) in [4.78, 5) is 13.9. The van der Waals surface area contributed by atoms with Gasteiger partial charge in [-0.1, -0.05) is 30.3 Å². The van der Waals surface area contributed by atoms with Gasteiger partial charge in [0, 0.05) is 18.0 Å². The first kappa shape index (κ1) is 9.85. The van der Waals surface area contributed by atoms with Crippen LogP contribution >= 0.6 is 0 Å². The molecule has 1 aromatic carbocycles. The molecule has 1 heterocycles. The summed E-state index contributed by atoms with van der Waals surface area (Å²) in [7, 11) is 0. The van der Waals surface area contributed by atoms with Crippen LogP contribution in [-0.2, 0) is 9.53 Å². The first-order chi connectivity index (χ1) is 7.86. The summed E-state index contributed by atoms with van der Waals surface area (Å²) in [6, 6.07) is 9.98. The standard InChI is InChI=1S/C13H15NO2/c15-12(10-6-7-10)14-8-9-16-13(14)11-4-2-1-3-5-11/h1-5,10,13H,6-9H2. The third kappa shape index (κ3) is 1.71. The first-order valence-electron chi connectivity index (χ1n) is 5.83. The largest absolute Gasteiger partial charge is 0.352 e. The minimum atomic E-state index is -0.158. The van der Waals surface area contributed by atoms with E-state index in [-0.39, 0.29) is 18.1 Å². The maximum atomic E-state index is 12.0. The van der Waals surface area contributed by atoms with Gasteiger partial charge in [0.15, 0.2) is 6.23 Å². The zero-order valence-corrected chi connectivity index (χ0v) is 9.13. The van der Waals surface area contributed by atoms with Crippen molar-refractivity contribution >= 4 is 5.91 Å². The predicted octanol–water partition coefficient (Wildman–Crippen LogP) is 1.95. The average molecular weight is 217 g/mol. The topological polar surface area (TPSA) is 29.5 Å². The highest BCUT2D eigenvalue weighted by Crippen LogP contribution is 2.36. The molecular weight excluding hydrogens is 202 g/mol. The Kier molecular flexibility index (Phi) is 2.40. The van der Waals surface area contributed by atoms with Crippen LogP contribution in [0.5, 0.6) is 0 Å². The van der Waals surface area contributed by atoms with Gasteiger partial charge in [0.25, 0.3) is 0 Å². The van der Waals surface area contributed by atoms with Gasteiger partial charge >= 0.3 is 0 Å². The van der Waals surface area contributed by atoms with Crippen LogP contribution in [0.4, 0.5) is 0 Å². The molecule has 0 N–H and O–H groups in total. The molecule has 84 valence electrons. The fourth-order valence-corrected chi connectivity index (χ4v) is 2.15. The zero-order chi connectivity index (χ0) is 11.0. The Morgan fingerprint density at radius 1 is 1.25 bits per heavy atom. The van der Waals surface area contributed by atoms with Crippen LogP contribution in [0.1, 0.15) is 24.6 Å². The third-order valence-corrected chi connectivity index (χ3v) is 3.19. The lowest BCUT2D eigenvalue weighted by molar-refractivity contribution is -0.137. The van der Waals surface area contributed by atoms with Gasteiger partial charge in [0.2, 0.25) is 5.91 Å². The lowest BCUT2D eigenvalue weighted by atomic mass is 10.2. The van der Waals surface area contributed by atoms with Crippen LogP contribution in [0.25, 0.3) is 0 Å². The minimum Gasteiger partial charge on any atom is -0.352 e. The van der Waals surface area contributed by atoms with Gasteiger partial charge in [-0.2, -0.15) is 0 Å². The van der Waals surface area contributed by atoms with Gasteiger partial charge in [0.05, 0.1) is 6.61 Å². The smallest absolute Gasteiger partial charge is 0.228 e. The molecule has 1 aromatic rings. The number of rotatable bonds is 2. The van der Waals surface area contributed by atoms with Gasteiger partial charge in [-0.25, -0.2) is 0 Å². The Balaban J connectivity index is 1.81. The minimum absolute atomic E-state index is 0.158. The summed E-state index contributed by atoms with van der Waals surface area (Å²) in [5, 5.41) is 0. The van der Waals surface area contributed by atoms with E-state index >= 15 is 0 Å². The summed E-state index contributed by atoms with van der Waals surface area (Å²) in [5.41, 5.74) is 1.08. The molecule has 1 atom stereocenters. The number of ether oxygens (including phenoxy) is 1. The van der Waals surface area contributed by atoms with Crippen LogP contribution in [0.3, 0.4) is 0 Å². The molecule has 0 spiro atoms. The monoisotopic (exact) mass is 217 g/mol. The molecule has 2 aliphatic rings. The fraction of sp³-hybridized carbons (Fsp3) is 0.462. The Hall–Kier alpha value is -1.35. The number of carbonyl (C=O) groups is 1. The van der Waals surface area contributed by atoms with Crippen molar-refractivity contribution in [3.63, 3.8) is 0 Å². The van der Waals surface area contributed by atoms with E-state index in [9.17, 15) is 4.79 Å². The van der Waals surface area contributed by atoms with Crippen LogP contribution < -0.4 is 0 Å². The second-order valence-electron chi connectivity index (χ2n) is 4.44. The van der Waals surface area contributed by atoms with E-state index in [0.717, 1.165) is 24.9 Å². The van der Waals surface area contributed by atoms with Crippen molar-refractivity contribution in [3.05, 3.63) is 35.9 Å². The molecule has 1 aliphatic heterocycles. The molecule has 3 rings (SSSR count). The molecule has 16 heavy (non-hydrogen) atoms. The van der Waals surface area contributed by atoms with Crippen molar-refractivity contribution in [1.29, 1.82) is 0 Å². The van der Waals surface area contributed by atoms with Crippen molar-refractivity contribution in [3.8, 4) is 0 Å². The van der Waals surface area contributed by atoms with Crippen LogP contribution in [0.15, 0.2) is 30.3 Å². The van der Waals surface area contributed by atoms with Gasteiger partial charge in [0.1, 0.15) is 0 Å². The maximum absolute atomic E-state index is 12.0. The SMILES string of the molecule is O=C(C1CC1)N1CCOC1c1ccccc1. The van der Waals surface area contributed by atoms with E-state index in [1.807, 2.05) is 35.2 Å². The molecule has 0 bridgehead atoms.